The van der Waals surface area contributed by atoms with Crippen LogP contribution in [-0.2, 0) is 0 Å². The Bertz CT molecular complexity index is 378. The second-order valence-corrected chi connectivity index (χ2v) is 5.33. The summed E-state index contributed by atoms with van der Waals surface area (Å²) in [5.41, 5.74) is 5.37. The van der Waals surface area contributed by atoms with Gasteiger partial charge in [0.25, 0.3) is 0 Å². The van der Waals surface area contributed by atoms with Crippen molar-refractivity contribution in [2.24, 2.45) is 15.7 Å². The summed E-state index contributed by atoms with van der Waals surface area (Å²) in [7, 11) is 1.79. The smallest absolute Gasteiger partial charge is 0.191 e. The normalized spacial score (nSPS) is 28.7. The number of guanidine groups is 1. The molecule has 0 bridgehead atoms. The molecule has 0 aromatic rings. The number of aliphatic imine (C=N–C) groups is 2. The van der Waals surface area contributed by atoms with E-state index >= 15 is 0 Å². The Morgan fingerprint density at radius 1 is 1.61 bits per heavy atom. The Morgan fingerprint density at radius 2 is 2.44 bits per heavy atom. The summed E-state index contributed by atoms with van der Waals surface area (Å²) in [6, 6.07) is 0.536. The summed E-state index contributed by atoms with van der Waals surface area (Å²) in [6.07, 6.45) is 0.541. The lowest BCUT2D eigenvalue weighted by atomic mass is 10.2. The zero-order valence-electron chi connectivity index (χ0n) is 10.4. The molecule has 0 amide bonds. The standard InChI is InChI=1S/C10H19N7S/c1-13-10-17-7(5-18-10)4-15-9-14-3-6(16-9)2-8(11)12/h6-7H,2-5H2,1H3,(H3,11,12)(H,13,17)(H2,14,15,16). The highest BCUT2D eigenvalue weighted by Gasteiger charge is 2.22. The second-order valence-electron chi connectivity index (χ2n) is 4.32. The highest BCUT2D eigenvalue weighted by Crippen LogP contribution is 2.12. The van der Waals surface area contributed by atoms with E-state index in [0.717, 1.165) is 23.4 Å². The molecule has 2 atom stereocenters. The minimum atomic E-state index is 0.156. The van der Waals surface area contributed by atoms with Gasteiger partial charge in [-0.15, -0.1) is 0 Å². The lowest BCUT2D eigenvalue weighted by molar-refractivity contribution is 0.640. The number of nitrogens with zero attached hydrogens (tertiary/aromatic N) is 2. The first kappa shape index (κ1) is 13.0. The van der Waals surface area contributed by atoms with E-state index in [-0.39, 0.29) is 11.9 Å². The molecule has 0 aromatic heterocycles. The van der Waals surface area contributed by atoms with Crippen molar-refractivity contribution >= 4 is 28.7 Å². The number of rotatable bonds is 4. The van der Waals surface area contributed by atoms with Crippen LogP contribution in [-0.4, -0.2) is 54.9 Å². The number of hydrogen-bond donors (Lipinski definition) is 5. The Kier molecular flexibility index (Phi) is 4.29. The maximum absolute atomic E-state index is 7.25. The fourth-order valence-corrected chi connectivity index (χ4v) is 2.81. The van der Waals surface area contributed by atoms with Crippen molar-refractivity contribution in [2.75, 3.05) is 25.9 Å². The van der Waals surface area contributed by atoms with Crippen LogP contribution in [0.3, 0.4) is 0 Å². The van der Waals surface area contributed by atoms with E-state index in [1.165, 1.54) is 0 Å². The predicted octanol–water partition coefficient (Wildman–Crippen LogP) is -1.08. The van der Waals surface area contributed by atoms with Gasteiger partial charge in [0.05, 0.1) is 24.5 Å². The molecule has 2 aliphatic heterocycles. The van der Waals surface area contributed by atoms with Crippen LogP contribution in [0.15, 0.2) is 9.98 Å². The quantitative estimate of drug-likeness (QED) is 0.329. The molecule has 8 heteroatoms. The van der Waals surface area contributed by atoms with Crippen LogP contribution in [0, 0.1) is 5.41 Å². The first-order valence-electron chi connectivity index (χ1n) is 5.91. The van der Waals surface area contributed by atoms with Gasteiger partial charge in [0.15, 0.2) is 11.1 Å². The van der Waals surface area contributed by atoms with E-state index in [0.29, 0.717) is 19.0 Å². The van der Waals surface area contributed by atoms with Gasteiger partial charge in [-0.2, -0.15) is 0 Å². The third-order valence-corrected chi connectivity index (χ3v) is 3.89. The molecular weight excluding hydrogens is 250 g/mol. The second kappa shape index (κ2) is 5.94. The summed E-state index contributed by atoms with van der Waals surface area (Å²) >= 11 is 1.74. The molecular formula is C10H19N7S. The lowest BCUT2D eigenvalue weighted by Gasteiger charge is -2.14. The Morgan fingerprint density at radius 3 is 3.11 bits per heavy atom. The summed E-state index contributed by atoms with van der Waals surface area (Å²) in [5.74, 6) is 2.01. The van der Waals surface area contributed by atoms with Crippen LogP contribution in [0.5, 0.6) is 0 Å². The average molecular weight is 269 g/mol. The van der Waals surface area contributed by atoms with Crippen LogP contribution < -0.4 is 21.7 Å². The van der Waals surface area contributed by atoms with Crippen molar-refractivity contribution < 1.29 is 0 Å². The third-order valence-electron chi connectivity index (χ3n) is 2.74. The Labute approximate surface area is 111 Å². The number of nitrogens with one attached hydrogen (secondary N) is 4. The SMILES string of the molecule is CN=C1NC(CNC2=NCC(CC(=N)N)N2)CS1. The molecule has 2 unspecified atom stereocenters. The molecule has 2 rings (SSSR count). The fourth-order valence-electron chi connectivity index (χ4n) is 1.87. The van der Waals surface area contributed by atoms with Crippen molar-refractivity contribution in [1.29, 1.82) is 5.41 Å². The average Bonchev–Trinajstić information content (AvgIpc) is 2.94. The van der Waals surface area contributed by atoms with Crippen molar-refractivity contribution in [2.45, 2.75) is 18.5 Å². The van der Waals surface area contributed by atoms with Crippen molar-refractivity contribution in [3.05, 3.63) is 0 Å². The van der Waals surface area contributed by atoms with Gasteiger partial charge in [0.1, 0.15) is 0 Å². The van der Waals surface area contributed by atoms with Gasteiger partial charge in [-0.1, -0.05) is 11.8 Å². The van der Waals surface area contributed by atoms with E-state index in [2.05, 4.69) is 25.9 Å². The summed E-state index contributed by atoms with van der Waals surface area (Å²) < 4.78 is 0. The van der Waals surface area contributed by atoms with E-state index in [9.17, 15) is 0 Å². The van der Waals surface area contributed by atoms with Crippen molar-refractivity contribution in [3.8, 4) is 0 Å². The minimum absolute atomic E-state index is 0.156. The fraction of sp³-hybridized carbons (Fsp3) is 0.700. The molecule has 0 aliphatic carbocycles. The van der Waals surface area contributed by atoms with Crippen molar-refractivity contribution in [1.82, 2.24) is 16.0 Å². The van der Waals surface area contributed by atoms with Gasteiger partial charge < -0.3 is 21.7 Å². The van der Waals surface area contributed by atoms with Gasteiger partial charge in [0.2, 0.25) is 0 Å². The Hall–Kier alpha value is -1.44. The highest BCUT2D eigenvalue weighted by atomic mass is 32.2. The van der Waals surface area contributed by atoms with E-state index in [1.807, 2.05) is 0 Å². The number of hydrogen-bond acceptors (Lipinski definition) is 6. The molecule has 0 saturated carbocycles. The summed E-state index contributed by atoms with van der Waals surface area (Å²) in [5, 5.41) is 18.1. The molecule has 2 heterocycles. The topological polar surface area (TPSA) is 111 Å². The Balaban J connectivity index is 1.68. The first-order chi connectivity index (χ1) is 8.67. The summed E-state index contributed by atoms with van der Waals surface area (Å²) in [4.78, 5) is 8.47. The number of nitrogens with two attached hydrogens (primary N) is 1. The van der Waals surface area contributed by atoms with E-state index in [4.69, 9.17) is 11.1 Å². The molecule has 100 valence electrons. The van der Waals surface area contributed by atoms with Crippen LogP contribution in [0.1, 0.15) is 6.42 Å². The van der Waals surface area contributed by atoms with Crippen molar-refractivity contribution in [3.63, 3.8) is 0 Å². The highest BCUT2D eigenvalue weighted by molar-refractivity contribution is 8.14. The van der Waals surface area contributed by atoms with Crippen LogP contribution in [0.25, 0.3) is 0 Å². The zero-order valence-corrected chi connectivity index (χ0v) is 11.2. The monoisotopic (exact) mass is 269 g/mol. The molecule has 0 radical (unpaired) electrons. The van der Waals surface area contributed by atoms with E-state index in [1.54, 1.807) is 18.8 Å². The maximum atomic E-state index is 7.25. The van der Waals surface area contributed by atoms with Gasteiger partial charge in [-0.25, -0.2) is 0 Å². The predicted molar refractivity (Wildman–Crippen MR) is 76.5 cm³/mol. The minimum Gasteiger partial charge on any atom is -0.388 e. The van der Waals surface area contributed by atoms with Gasteiger partial charge in [-0.3, -0.25) is 15.4 Å². The molecule has 6 N–H and O–H groups in total. The third kappa shape index (κ3) is 3.52. The molecule has 7 nitrogen and oxygen atoms in total. The summed E-state index contributed by atoms with van der Waals surface area (Å²) in [6.45, 7) is 1.49. The molecule has 2 aliphatic rings. The van der Waals surface area contributed by atoms with Gasteiger partial charge in [-0.05, 0) is 0 Å². The largest absolute Gasteiger partial charge is 0.388 e. The van der Waals surface area contributed by atoms with Crippen LogP contribution in [0.4, 0.5) is 0 Å². The van der Waals surface area contributed by atoms with E-state index < -0.39 is 0 Å². The van der Waals surface area contributed by atoms with Crippen LogP contribution in [0.2, 0.25) is 0 Å². The van der Waals surface area contributed by atoms with Gasteiger partial charge in [0, 0.05) is 25.8 Å². The number of amidine groups is 2. The van der Waals surface area contributed by atoms with Gasteiger partial charge >= 0.3 is 0 Å². The first-order valence-corrected chi connectivity index (χ1v) is 6.90. The molecule has 18 heavy (non-hydrogen) atoms. The number of thioether (sulfide) groups is 1. The molecule has 0 aromatic carbocycles. The molecule has 1 fully saturated rings. The molecule has 0 spiro atoms. The van der Waals surface area contributed by atoms with Crippen LogP contribution >= 0.6 is 11.8 Å². The zero-order chi connectivity index (χ0) is 13.0. The maximum Gasteiger partial charge on any atom is 0.191 e. The molecule has 1 saturated heterocycles. The lowest BCUT2D eigenvalue weighted by Crippen LogP contribution is -2.45.